The molecule has 2 rings (SSSR count). The lowest BCUT2D eigenvalue weighted by atomic mass is 9.82. The predicted molar refractivity (Wildman–Crippen MR) is 76.7 cm³/mol. The molecule has 2 aromatic rings. The maximum Gasteiger partial charge on any atom is 0.333 e. The van der Waals surface area contributed by atoms with Gasteiger partial charge in [0.05, 0.1) is 12.7 Å². The van der Waals surface area contributed by atoms with Crippen molar-refractivity contribution in [1.82, 2.24) is 9.78 Å². The van der Waals surface area contributed by atoms with Crippen molar-refractivity contribution in [2.24, 2.45) is 5.41 Å². The molecule has 0 saturated heterocycles. The lowest BCUT2D eigenvalue weighted by molar-refractivity contribution is -0.175. The van der Waals surface area contributed by atoms with Crippen molar-refractivity contribution in [3.05, 3.63) is 53.4 Å². The van der Waals surface area contributed by atoms with Gasteiger partial charge in [-0.05, 0) is 11.6 Å². The standard InChI is InChI=1S/C15H12F2N2O6/c16-10-2-1-9(11(17)3-10)7-19-6-8(5-18-19)4-15(12(20)21,13(22)23)14(24)25/h1-3,5-6H,4,7H2,(H,20,21)(H,22,23)(H,24,25). The third-order valence-corrected chi connectivity index (χ3v) is 3.60. The summed E-state index contributed by atoms with van der Waals surface area (Å²) in [5.74, 6) is -7.64. The van der Waals surface area contributed by atoms with Crippen LogP contribution >= 0.6 is 0 Å². The molecular formula is C15H12F2N2O6. The second kappa shape index (κ2) is 6.67. The quantitative estimate of drug-likeness (QED) is 0.632. The molecule has 0 saturated carbocycles. The van der Waals surface area contributed by atoms with Crippen LogP contribution in [-0.4, -0.2) is 43.0 Å². The summed E-state index contributed by atoms with van der Waals surface area (Å²) < 4.78 is 27.6. The lowest BCUT2D eigenvalue weighted by Crippen LogP contribution is -2.48. The van der Waals surface area contributed by atoms with Gasteiger partial charge in [-0.25, -0.2) is 8.78 Å². The summed E-state index contributed by atoms with van der Waals surface area (Å²) in [5.41, 5.74) is -2.94. The van der Waals surface area contributed by atoms with Gasteiger partial charge >= 0.3 is 17.9 Å². The fourth-order valence-corrected chi connectivity index (χ4v) is 2.22. The Balaban J connectivity index is 2.27. The number of hydrogen-bond donors (Lipinski definition) is 3. The van der Waals surface area contributed by atoms with Crippen molar-refractivity contribution in [2.75, 3.05) is 0 Å². The smallest absolute Gasteiger partial charge is 0.333 e. The fraction of sp³-hybridized carbons (Fsp3) is 0.200. The van der Waals surface area contributed by atoms with Gasteiger partial charge in [0.15, 0.2) is 0 Å². The van der Waals surface area contributed by atoms with Crippen molar-refractivity contribution in [3.63, 3.8) is 0 Å². The number of carboxylic acid groups (broad SMARTS) is 3. The molecule has 1 heterocycles. The van der Waals surface area contributed by atoms with Gasteiger partial charge in [-0.2, -0.15) is 5.10 Å². The van der Waals surface area contributed by atoms with E-state index < -0.39 is 41.4 Å². The third kappa shape index (κ3) is 3.47. The second-order valence-corrected chi connectivity index (χ2v) is 5.28. The van der Waals surface area contributed by atoms with E-state index in [1.807, 2.05) is 0 Å². The molecule has 10 heteroatoms. The Kier molecular flexibility index (Phi) is 4.82. The molecule has 0 aliphatic rings. The highest BCUT2D eigenvalue weighted by atomic mass is 19.1. The van der Waals surface area contributed by atoms with Crippen LogP contribution in [0.5, 0.6) is 0 Å². The van der Waals surface area contributed by atoms with E-state index in [0.717, 1.165) is 16.9 Å². The van der Waals surface area contributed by atoms with Gasteiger partial charge in [-0.15, -0.1) is 0 Å². The lowest BCUT2D eigenvalue weighted by Gasteiger charge is -2.18. The van der Waals surface area contributed by atoms with Gasteiger partial charge < -0.3 is 15.3 Å². The van der Waals surface area contributed by atoms with E-state index in [4.69, 9.17) is 15.3 Å². The Morgan fingerprint density at radius 1 is 1.08 bits per heavy atom. The van der Waals surface area contributed by atoms with Gasteiger partial charge in [-0.1, -0.05) is 6.07 Å². The molecule has 0 unspecified atom stereocenters. The summed E-state index contributed by atoms with van der Waals surface area (Å²) in [5, 5.41) is 31.0. The minimum Gasteiger partial charge on any atom is -0.480 e. The first-order chi connectivity index (χ1) is 11.7. The number of rotatable bonds is 7. The average Bonchev–Trinajstić information content (AvgIpc) is 2.93. The maximum atomic E-state index is 13.6. The highest BCUT2D eigenvalue weighted by Crippen LogP contribution is 2.25. The molecule has 0 atom stereocenters. The fourth-order valence-electron chi connectivity index (χ4n) is 2.22. The van der Waals surface area contributed by atoms with Gasteiger partial charge in [0, 0.05) is 24.2 Å². The first kappa shape index (κ1) is 18.0. The molecule has 0 amide bonds. The number of aliphatic carboxylic acids is 3. The number of carbonyl (C=O) groups is 3. The van der Waals surface area contributed by atoms with E-state index in [9.17, 15) is 23.2 Å². The first-order valence-electron chi connectivity index (χ1n) is 6.82. The van der Waals surface area contributed by atoms with Crippen molar-refractivity contribution in [1.29, 1.82) is 0 Å². The largest absolute Gasteiger partial charge is 0.480 e. The zero-order chi connectivity index (χ0) is 18.8. The van der Waals surface area contributed by atoms with Crippen molar-refractivity contribution < 1.29 is 38.5 Å². The summed E-state index contributed by atoms with van der Waals surface area (Å²) in [6.07, 6.45) is 1.44. The van der Waals surface area contributed by atoms with E-state index in [-0.39, 0.29) is 17.7 Å². The van der Waals surface area contributed by atoms with Gasteiger partial charge in [0.25, 0.3) is 5.41 Å². The number of aromatic nitrogens is 2. The van der Waals surface area contributed by atoms with Crippen LogP contribution in [0.1, 0.15) is 11.1 Å². The summed E-state index contributed by atoms with van der Waals surface area (Å²) in [6.45, 7) is -0.133. The zero-order valence-corrected chi connectivity index (χ0v) is 12.5. The normalized spacial score (nSPS) is 11.3. The first-order valence-corrected chi connectivity index (χ1v) is 6.82. The molecule has 0 aliphatic carbocycles. The number of carboxylic acids is 3. The van der Waals surface area contributed by atoms with Crippen LogP contribution in [0.2, 0.25) is 0 Å². The molecule has 0 aliphatic heterocycles. The predicted octanol–water partition coefficient (Wildman–Crippen LogP) is 0.992. The Bertz CT molecular complexity index is 812. The number of halogens is 2. The summed E-state index contributed by atoms with van der Waals surface area (Å²) in [7, 11) is 0. The molecule has 0 bridgehead atoms. The average molecular weight is 354 g/mol. The monoisotopic (exact) mass is 354 g/mol. The van der Waals surface area contributed by atoms with Crippen molar-refractivity contribution in [2.45, 2.75) is 13.0 Å². The molecule has 0 spiro atoms. The summed E-state index contributed by atoms with van der Waals surface area (Å²) in [4.78, 5) is 33.6. The van der Waals surface area contributed by atoms with Crippen LogP contribution in [0.3, 0.4) is 0 Å². The van der Waals surface area contributed by atoms with Crippen LogP contribution in [-0.2, 0) is 27.3 Å². The number of nitrogens with zero attached hydrogens (tertiary/aromatic N) is 2. The SMILES string of the molecule is O=C(O)C(Cc1cnn(Cc2ccc(F)cc2F)c1)(C(=O)O)C(=O)O. The molecule has 132 valence electrons. The third-order valence-electron chi connectivity index (χ3n) is 3.60. The van der Waals surface area contributed by atoms with Crippen LogP contribution in [0, 0.1) is 17.0 Å². The Hall–Kier alpha value is -3.30. The van der Waals surface area contributed by atoms with E-state index in [1.165, 1.54) is 12.3 Å². The topological polar surface area (TPSA) is 130 Å². The molecular weight excluding hydrogens is 342 g/mol. The zero-order valence-electron chi connectivity index (χ0n) is 12.5. The van der Waals surface area contributed by atoms with Crippen molar-refractivity contribution in [3.8, 4) is 0 Å². The Morgan fingerprint density at radius 2 is 1.68 bits per heavy atom. The minimum atomic E-state index is -3.06. The molecule has 8 nitrogen and oxygen atoms in total. The molecule has 3 N–H and O–H groups in total. The Morgan fingerprint density at radius 3 is 2.20 bits per heavy atom. The molecule has 0 fully saturated rings. The van der Waals surface area contributed by atoms with Gasteiger partial charge in [0.1, 0.15) is 11.6 Å². The van der Waals surface area contributed by atoms with Crippen LogP contribution in [0.15, 0.2) is 30.6 Å². The highest BCUT2D eigenvalue weighted by molar-refractivity contribution is 6.16. The Labute approximate surface area is 138 Å². The van der Waals surface area contributed by atoms with Gasteiger partial charge in [0.2, 0.25) is 0 Å². The number of hydrogen-bond acceptors (Lipinski definition) is 4. The van der Waals surface area contributed by atoms with E-state index in [0.29, 0.717) is 6.07 Å². The van der Waals surface area contributed by atoms with Crippen LogP contribution < -0.4 is 0 Å². The van der Waals surface area contributed by atoms with Crippen LogP contribution in [0.4, 0.5) is 8.78 Å². The van der Waals surface area contributed by atoms with Gasteiger partial charge in [-0.3, -0.25) is 19.1 Å². The maximum absolute atomic E-state index is 13.6. The van der Waals surface area contributed by atoms with Crippen molar-refractivity contribution >= 4 is 17.9 Å². The summed E-state index contributed by atoms with van der Waals surface area (Å²) >= 11 is 0. The number of benzene rings is 1. The molecule has 0 radical (unpaired) electrons. The minimum absolute atomic E-state index is 0.0229. The van der Waals surface area contributed by atoms with Crippen LogP contribution in [0.25, 0.3) is 0 Å². The van der Waals surface area contributed by atoms with E-state index in [2.05, 4.69) is 5.10 Å². The molecule has 1 aromatic heterocycles. The highest BCUT2D eigenvalue weighted by Gasteiger charge is 2.54. The van der Waals surface area contributed by atoms with E-state index in [1.54, 1.807) is 0 Å². The molecule has 25 heavy (non-hydrogen) atoms. The van der Waals surface area contributed by atoms with E-state index >= 15 is 0 Å². The summed E-state index contributed by atoms with van der Waals surface area (Å²) in [6, 6.07) is 2.93. The molecule has 1 aromatic carbocycles. The second-order valence-electron chi connectivity index (χ2n) is 5.28.